The fraction of sp³-hybridized carbons (Fsp3) is 0.500. The first kappa shape index (κ1) is 12.9. The molecule has 18 heavy (non-hydrogen) atoms. The van der Waals surface area contributed by atoms with E-state index in [-0.39, 0.29) is 6.04 Å². The maximum absolute atomic E-state index is 9.06. The fourth-order valence-electron chi connectivity index (χ4n) is 2.43. The third-order valence-electron chi connectivity index (χ3n) is 3.33. The number of nitrogens with two attached hydrogens (primary N) is 1. The van der Waals surface area contributed by atoms with Crippen LogP contribution in [0, 0.1) is 11.3 Å². The molecule has 4 nitrogen and oxygen atoms in total. The van der Waals surface area contributed by atoms with Crippen LogP contribution in [-0.2, 0) is 6.54 Å². The summed E-state index contributed by atoms with van der Waals surface area (Å²) in [7, 11) is 1.58. The summed E-state index contributed by atoms with van der Waals surface area (Å²) in [6.07, 6.45) is 2.27. The Morgan fingerprint density at radius 2 is 2.39 bits per heavy atom. The number of piperidine rings is 1. The van der Waals surface area contributed by atoms with E-state index < -0.39 is 0 Å². The summed E-state index contributed by atoms with van der Waals surface area (Å²) in [5.41, 5.74) is 7.70. The summed E-state index contributed by atoms with van der Waals surface area (Å²) in [6.45, 7) is 2.88. The molecule has 0 spiro atoms. The van der Waals surface area contributed by atoms with Crippen molar-refractivity contribution in [2.24, 2.45) is 5.73 Å². The first-order valence-corrected chi connectivity index (χ1v) is 6.28. The molecular formula is C14H19N3O. The molecule has 2 rings (SSSR count). The first-order chi connectivity index (χ1) is 8.72. The summed E-state index contributed by atoms with van der Waals surface area (Å²) in [5.74, 6) is 0.636. The molecule has 0 aliphatic carbocycles. The van der Waals surface area contributed by atoms with Crippen molar-refractivity contribution in [1.29, 1.82) is 5.26 Å². The lowest BCUT2D eigenvalue weighted by molar-refractivity contribution is 0.201. The minimum atomic E-state index is 0.285. The lowest BCUT2D eigenvalue weighted by Crippen LogP contribution is -2.42. The minimum absolute atomic E-state index is 0.285. The molecule has 1 atom stereocenters. The summed E-state index contributed by atoms with van der Waals surface area (Å²) in [6, 6.07) is 8.22. The van der Waals surface area contributed by atoms with Crippen LogP contribution < -0.4 is 10.5 Å². The second kappa shape index (κ2) is 5.85. The molecule has 0 amide bonds. The van der Waals surface area contributed by atoms with Crippen LogP contribution in [-0.4, -0.2) is 31.1 Å². The van der Waals surface area contributed by atoms with Crippen LogP contribution in [0.1, 0.15) is 24.0 Å². The average Bonchev–Trinajstić information content (AvgIpc) is 2.38. The van der Waals surface area contributed by atoms with Gasteiger partial charge in [-0.1, -0.05) is 6.07 Å². The van der Waals surface area contributed by atoms with Gasteiger partial charge in [-0.05, 0) is 37.1 Å². The second-order valence-electron chi connectivity index (χ2n) is 4.78. The van der Waals surface area contributed by atoms with Crippen molar-refractivity contribution < 1.29 is 4.74 Å². The van der Waals surface area contributed by atoms with E-state index in [2.05, 4.69) is 11.0 Å². The Bertz CT molecular complexity index is 453. The quantitative estimate of drug-likeness (QED) is 0.876. The van der Waals surface area contributed by atoms with Crippen LogP contribution in [0.2, 0.25) is 0 Å². The molecule has 1 aromatic carbocycles. The van der Waals surface area contributed by atoms with Crippen LogP contribution in [0.15, 0.2) is 18.2 Å². The van der Waals surface area contributed by atoms with Crippen molar-refractivity contribution in [3.8, 4) is 11.8 Å². The smallest absolute Gasteiger partial charge is 0.136 e. The van der Waals surface area contributed by atoms with Gasteiger partial charge in [-0.15, -0.1) is 0 Å². The minimum Gasteiger partial charge on any atom is -0.495 e. The number of ether oxygens (including phenoxy) is 1. The van der Waals surface area contributed by atoms with Crippen LogP contribution >= 0.6 is 0 Å². The third-order valence-corrected chi connectivity index (χ3v) is 3.33. The molecule has 0 bridgehead atoms. The van der Waals surface area contributed by atoms with Crippen molar-refractivity contribution in [3.63, 3.8) is 0 Å². The van der Waals surface area contributed by atoms with E-state index in [1.165, 1.54) is 0 Å². The Balaban J connectivity index is 2.07. The molecule has 96 valence electrons. The molecule has 1 aliphatic heterocycles. The van der Waals surface area contributed by atoms with Crippen molar-refractivity contribution in [3.05, 3.63) is 29.3 Å². The summed E-state index contributed by atoms with van der Waals surface area (Å²) < 4.78 is 5.14. The molecule has 0 saturated carbocycles. The Hall–Kier alpha value is -1.57. The normalized spacial score (nSPS) is 20.4. The Morgan fingerprint density at radius 1 is 1.56 bits per heavy atom. The Morgan fingerprint density at radius 3 is 3.06 bits per heavy atom. The van der Waals surface area contributed by atoms with E-state index in [0.717, 1.165) is 38.0 Å². The van der Waals surface area contributed by atoms with E-state index in [4.69, 9.17) is 15.7 Å². The fourth-order valence-corrected chi connectivity index (χ4v) is 2.43. The monoisotopic (exact) mass is 245 g/mol. The van der Waals surface area contributed by atoms with Gasteiger partial charge in [0.1, 0.15) is 11.8 Å². The molecule has 2 N–H and O–H groups in total. The predicted molar refractivity (Wildman–Crippen MR) is 70.2 cm³/mol. The highest BCUT2D eigenvalue weighted by atomic mass is 16.5. The first-order valence-electron chi connectivity index (χ1n) is 6.28. The van der Waals surface area contributed by atoms with Gasteiger partial charge in [0.15, 0.2) is 0 Å². The lowest BCUT2D eigenvalue weighted by atomic mass is 10.0. The van der Waals surface area contributed by atoms with Crippen molar-refractivity contribution in [1.82, 2.24) is 4.90 Å². The van der Waals surface area contributed by atoms with Gasteiger partial charge in [0.05, 0.1) is 12.7 Å². The standard InChI is InChI=1S/C14H19N3O/c1-18-14-5-4-11(7-12(14)8-15)9-17-6-2-3-13(16)10-17/h4-5,7,13H,2-3,6,9-10,16H2,1H3/t13-/m1/s1. The molecule has 1 aliphatic rings. The van der Waals surface area contributed by atoms with E-state index >= 15 is 0 Å². The number of hydrogen-bond donors (Lipinski definition) is 1. The Kier molecular flexibility index (Phi) is 4.19. The topological polar surface area (TPSA) is 62.3 Å². The van der Waals surface area contributed by atoms with E-state index in [9.17, 15) is 0 Å². The number of likely N-dealkylation sites (tertiary alicyclic amines) is 1. The molecular weight excluding hydrogens is 226 g/mol. The molecule has 1 aromatic rings. The third kappa shape index (κ3) is 3.00. The van der Waals surface area contributed by atoms with Crippen LogP contribution in [0.3, 0.4) is 0 Å². The van der Waals surface area contributed by atoms with Gasteiger partial charge in [0, 0.05) is 19.1 Å². The average molecular weight is 245 g/mol. The molecule has 1 fully saturated rings. The summed E-state index contributed by atoms with van der Waals surface area (Å²) >= 11 is 0. The number of nitriles is 1. The molecule has 1 heterocycles. The van der Waals surface area contributed by atoms with Crippen LogP contribution in [0.25, 0.3) is 0 Å². The molecule has 0 unspecified atom stereocenters. The molecule has 0 aromatic heterocycles. The van der Waals surface area contributed by atoms with Gasteiger partial charge in [0.2, 0.25) is 0 Å². The maximum Gasteiger partial charge on any atom is 0.136 e. The van der Waals surface area contributed by atoms with Gasteiger partial charge >= 0.3 is 0 Å². The van der Waals surface area contributed by atoms with Gasteiger partial charge < -0.3 is 10.5 Å². The highest BCUT2D eigenvalue weighted by molar-refractivity contribution is 5.45. The van der Waals surface area contributed by atoms with Crippen molar-refractivity contribution >= 4 is 0 Å². The van der Waals surface area contributed by atoms with Crippen molar-refractivity contribution in [2.75, 3.05) is 20.2 Å². The summed E-state index contributed by atoms with van der Waals surface area (Å²) in [4.78, 5) is 2.34. The zero-order valence-electron chi connectivity index (χ0n) is 10.7. The van der Waals surface area contributed by atoms with E-state index in [1.807, 2.05) is 18.2 Å². The molecule has 0 radical (unpaired) electrons. The van der Waals surface area contributed by atoms with Crippen LogP contribution in [0.5, 0.6) is 5.75 Å². The Labute approximate surface area is 108 Å². The highest BCUT2D eigenvalue weighted by Crippen LogP contribution is 2.20. The van der Waals surface area contributed by atoms with E-state index in [1.54, 1.807) is 7.11 Å². The van der Waals surface area contributed by atoms with Gasteiger partial charge in [0.25, 0.3) is 0 Å². The van der Waals surface area contributed by atoms with Gasteiger partial charge in [-0.25, -0.2) is 0 Å². The number of methoxy groups -OCH3 is 1. The van der Waals surface area contributed by atoms with Crippen molar-refractivity contribution in [2.45, 2.75) is 25.4 Å². The van der Waals surface area contributed by atoms with Crippen LogP contribution in [0.4, 0.5) is 0 Å². The SMILES string of the molecule is COc1ccc(CN2CCC[C@@H](N)C2)cc1C#N. The van der Waals surface area contributed by atoms with Gasteiger partial charge in [-0.3, -0.25) is 4.90 Å². The molecule has 4 heteroatoms. The number of nitrogens with zero attached hydrogens (tertiary/aromatic N) is 2. The number of benzene rings is 1. The second-order valence-corrected chi connectivity index (χ2v) is 4.78. The highest BCUT2D eigenvalue weighted by Gasteiger charge is 2.17. The lowest BCUT2D eigenvalue weighted by Gasteiger charge is -2.30. The molecule has 1 saturated heterocycles. The zero-order chi connectivity index (χ0) is 13.0. The van der Waals surface area contributed by atoms with E-state index in [0.29, 0.717) is 11.3 Å². The maximum atomic E-state index is 9.06. The largest absolute Gasteiger partial charge is 0.495 e. The number of rotatable bonds is 3. The predicted octanol–water partition coefficient (Wildman–Crippen LogP) is 1.49. The van der Waals surface area contributed by atoms with Gasteiger partial charge in [-0.2, -0.15) is 5.26 Å². The zero-order valence-corrected chi connectivity index (χ0v) is 10.7. The summed E-state index contributed by atoms with van der Waals surface area (Å²) in [5, 5.41) is 9.06. The number of hydrogen-bond acceptors (Lipinski definition) is 4.